The minimum atomic E-state index is -0.601. The SMILES string of the molecule is CCC(C)(C)C(=O)OC1CC(C)C=C2C=C[C@H](C)[C@H](CCC3C[C@@H](O)CC(=O)O3)[C@H]21. The van der Waals surface area contributed by atoms with Crippen molar-refractivity contribution in [2.24, 2.45) is 29.1 Å². The molecule has 3 aliphatic rings. The predicted octanol–water partition coefficient (Wildman–Crippen LogP) is 4.59. The van der Waals surface area contributed by atoms with E-state index in [9.17, 15) is 14.7 Å². The van der Waals surface area contributed by atoms with E-state index in [1.807, 2.05) is 20.8 Å². The van der Waals surface area contributed by atoms with Crippen LogP contribution in [0.4, 0.5) is 0 Å². The lowest BCUT2D eigenvalue weighted by Gasteiger charge is -2.44. The normalized spacial score (nSPS) is 36.5. The van der Waals surface area contributed by atoms with Crippen molar-refractivity contribution in [2.75, 3.05) is 0 Å². The number of cyclic esters (lactones) is 1. The first kappa shape index (κ1) is 23.1. The molecule has 1 saturated heterocycles. The summed E-state index contributed by atoms with van der Waals surface area (Å²) in [6.07, 6.45) is 9.61. The van der Waals surface area contributed by atoms with Gasteiger partial charge < -0.3 is 14.6 Å². The summed E-state index contributed by atoms with van der Waals surface area (Å²) >= 11 is 0. The van der Waals surface area contributed by atoms with Gasteiger partial charge in [0.05, 0.1) is 17.9 Å². The summed E-state index contributed by atoms with van der Waals surface area (Å²) in [6, 6.07) is 0. The van der Waals surface area contributed by atoms with Crippen LogP contribution in [-0.2, 0) is 19.1 Å². The number of ether oxygens (including phenoxy) is 2. The summed E-state index contributed by atoms with van der Waals surface area (Å²) in [4.78, 5) is 24.6. The number of aliphatic hydroxyl groups is 1. The van der Waals surface area contributed by atoms with Crippen LogP contribution in [0, 0.1) is 29.1 Å². The van der Waals surface area contributed by atoms with Crippen LogP contribution < -0.4 is 0 Å². The highest BCUT2D eigenvalue weighted by Crippen LogP contribution is 2.45. The maximum Gasteiger partial charge on any atom is 0.311 e. The molecule has 0 aromatic carbocycles. The first-order chi connectivity index (χ1) is 14.1. The summed E-state index contributed by atoms with van der Waals surface area (Å²) in [5, 5.41) is 9.92. The van der Waals surface area contributed by atoms with Gasteiger partial charge in [-0.1, -0.05) is 39.0 Å². The van der Waals surface area contributed by atoms with Crippen LogP contribution in [0.2, 0.25) is 0 Å². The van der Waals surface area contributed by atoms with Gasteiger partial charge in [0, 0.05) is 12.3 Å². The van der Waals surface area contributed by atoms with Crippen molar-refractivity contribution in [2.45, 2.75) is 91.5 Å². The van der Waals surface area contributed by atoms with Crippen molar-refractivity contribution in [3.63, 3.8) is 0 Å². The van der Waals surface area contributed by atoms with Gasteiger partial charge in [-0.2, -0.15) is 0 Å². The number of carbonyl (C=O) groups is 2. The Morgan fingerprint density at radius 3 is 2.67 bits per heavy atom. The van der Waals surface area contributed by atoms with Crippen LogP contribution in [0.5, 0.6) is 0 Å². The molecule has 7 atom stereocenters. The summed E-state index contributed by atoms with van der Waals surface area (Å²) in [7, 11) is 0. The van der Waals surface area contributed by atoms with Gasteiger partial charge in [0.2, 0.25) is 0 Å². The largest absolute Gasteiger partial charge is 0.462 e. The number of aliphatic hydroxyl groups excluding tert-OH is 1. The van der Waals surface area contributed by atoms with Crippen molar-refractivity contribution in [3.05, 3.63) is 23.8 Å². The molecule has 0 bridgehead atoms. The molecule has 30 heavy (non-hydrogen) atoms. The number of allylic oxidation sites excluding steroid dienone is 3. The Bertz CT molecular complexity index is 706. The quantitative estimate of drug-likeness (QED) is 0.639. The van der Waals surface area contributed by atoms with Crippen LogP contribution in [0.3, 0.4) is 0 Å². The summed E-state index contributed by atoms with van der Waals surface area (Å²) < 4.78 is 11.6. The van der Waals surface area contributed by atoms with Crippen molar-refractivity contribution in [3.8, 4) is 0 Å². The van der Waals surface area contributed by atoms with Gasteiger partial charge in [-0.05, 0) is 62.9 Å². The third kappa shape index (κ3) is 5.16. The molecule has 3 unspecified atom stereocenters. The summed E-state index contributed by atoms with van der Waals surface area (Å²) in [5.41, 5.74) is 0.785. The van der Waals surface area contributed by atoms with Gasteiger partial charge in [-0.3, -0.25) is 9.59 Å². The van der Waals surface area contributed by atoms with E-state index in [-0.39, 0.29) is 36.5 Å². The topological polar surface area (TPSA) is 72.8 Å². The molecule has 2 aliphatic carbocycles. The molecule has 1 aliphatic heterocycles. The van der Waals surface area contributed by atoms with Gasteiger partial charge in [-0.25, -0.2) is 0 Å². The molecule has 1 fully saturated rings. The molecule has 0 amide bonds. The highest BCUT2D eigenvalue weighted by Gasteiger charge is 2.43. The predicted molar refractivity (Wildman–Crippen MR) is 115 cm³/mol. The van der Waals surface area contributed by atoms with E-state index < -0.39 is 11.5 Å². The minimum absolute atomic E-state index is 0.0949. The highest BCUT2D eigenvalue weighted by atomic mass is 16.6. The zero-order chi connectivity index (χ0) is 22.1. The molecule has 1 N–H and O–H groups in total. The fraction of sp³-hybridized carbons (Fsp3) is 0.760. The van der Waals surface area contributed by atoms with Crippen molar-refractivity contribution < 1.29 is 24.2 Å². The lowest BCUT2D eigenvalue weighted by Crippen LogP contribution is -2.43. The molecule has 0 saturated carbocycles. The maximum atomic E-state index is 12.9. The molecular weight excluding hydrogens is 380 g/mol. The Morgan fingerprint density at radius 2 is 2.00 bits per heavy atom. The number of hydrogen-bond donors (Lipinski definition) is 1. The minimum Gasteiger partial charge on any atom is -0.462 e. The molecule has 1 heterocycles. The number of esters is 2. The number of carbonyl (C=O) groups excluding carboxylic acids is 2. The van der Waals surface area contributed by atoms with Crippen LogP contribution >= 0.6 is 0 Å². The second-order valence-corrected chi connectivity index (χ2v) is 10.3. The standard InChI is InChI=1S/C25H38O5/c1-6-25(4,5)24(28)30-21-12-15(2)11-17-8-7-16(3)20(23(17)21)10-9-19-13-18(26)14-22(27)29-19/h7-8,11,15-16,18-21,23,26H,6,9-10,12-14H2,1-5H3/t15?,16-,18+,19?,20-,21?,23-/m0/s1. The van der Waals surface area contributed by atoms with Crippen molar-refractivity contribution in [1.82, 2.24) is 0 Å². The smallest absolute Gasteiger partial charge is 0.311 e. The first-order valence-electron chi connectivity index (χ1n) is 11.6. The number of rotatable bonds is 6. The fourth-order valence-electron chi connectivity index (χ4n) is 5.08. The van der Waals surface area contributed by atoms with E-state index in [0.29, 0.717) is 24.2 Å². The fourth-order valence-corrected chi connectivity index (χ4v) is 5.08. The number of fused-ring (bicyclic) bond motifs is 1. The molecule has 5 nitrogen and oxygen atoms in total. The van der Waals surface area contributed by atoms with Gasteiger partial charge in [0.1, 0.15) is 12.2 Å². The Labute approximate surface area is 180 Å². The first-order valence-corrected chi connectivity index (χ1v) is 11.6. The van der Waals surface area contributed by atoms with Crippen LogP contribution in [0.15, 0.2) is 23.8 Å². The van der Waals surface area contributed by atoms with E-state index in [0.717, 1.165) is 25.7 Å². The summed E-state index contributed by atoms with van der Waals surface area (Å²) in [6.45, 7) is 10.3. The Kier molecular flexibility index (Phi) is 7.11. The van der Waals surface area contributed by atoms with Crippen LogP contribution in [0.1, 0.15) is 73.1 Å². The summed E-state index contributed by atoms with van der Waals surface area (Å²) in [5.74, 6) is 0.776. The zero-order valence-electron chi connectivity index (χ0n) is 19.1. The van der Waals surface area contributed by atoms with E-state index >= 15 is 0 Å². The van der Waals surface area contributed by atoms with Crippen LogP contribution in [-0.4, -0.2) is 35.4 Å². The maximum absolute atomic E-state index is 12.9. The lowest BCUT2D eigenvalue weighted by molar-refractivity contribution is -0.166. The second-order valence-electron chi connectivity index (χ2n) is 10.3. The van der Waals surface area contributed by atoms with Gasteiger partial charge in [-0.15, -0.1) is 0 Å². The molecule has 0 aromatic rings. The zero-order valence-corrected chi connectivity index (χ0v) is 19.1. The molecule has 0 radical (unpaired) electrons. The Balaban J connectivity index is 1.76. The van der Waals surface area contributed by atoms with Crippen molar-refractivity contribution in [1.29, 1.82) is 0 Å². The van der Waals surface area contributed by atoms with Crippen molar-refractivity contribution >= 4 is 11.9 Å². The third-order valence-corrected chi connectivity index (χ3v) is 7.35. The Morgan fingerprint density at radius 1 is 1.27 bits per heavy atom. The van der Waals surface area contributed by atoms with E-state index in [1.165, 1.54) is 5.57 Å². The monoisotopic (exact) mass is 418 g/mol. The Hall–Kier alpha value is -1.62. The van der Waals surface area contributed by atoms with Gasteiger partial charge in [0.25, 0.3) is 0 Å². The highest BCUT2D eigenvalue weighted by molar-refractivity contribution is 5.76. The lowest BCUT2D eigenvalue weighted by atomic mass is 9.65. The van der Waals surface area contributed by atoms with E-state index in [4.69, 9.17) is 9.47 Å². The third-order valence-electron chi connectivity index (χ3n) is 7.35. The molecule has 0 aromatic heterocycles. The van der Waals surface area contributed by atoms with E-state index in [2.05, 4.69) is 32.1 Å². The average Bonchev–Trinajstić information content (AvgIpc) is 2.66. The number of hydrogen-bond acceptors (Lipinski definition) is 5. The molecule has 0 spiro atoms. The van der Waals surface area contributed by atoms with Gasteiger partial charge >= 0.3 is 11.9 Å². The molecule has 5 heteroatoms. The second kappa shape index (κ2) is 9.25. The molecular formula is C25H38O5. The van der Waals surface area contributed by atoms with Gasteiger partial charge in [0.15, 0.2) is 0 Å². The average molecular weight is 419 g/mol. The molecule has 168 valence electrons. The molecule has 3 rings (SSSR count). The van der Waals surface area contributed by atoms with E-state index in [1.54, 1.807) is 0 Å². The van der Waals surface area contributed by atoms with Crippen LogP contribution in [0.25, 0.3) is 0 Å².